The Bertz CT molecular complexity index is 929. The van der Waals surface area contributed by atoms with Gasteiger partial charge in [-0.2, -0.15) is 11.8 Å². The molecular formula is C36H60N2O5S. The first-order valence-electron chi connectivity index (χ1n) is 16.0. The fourth-order valence-electron chi connectivity index (χ4n) is 3.12. The third-order valence-electron chi connectivity index (χ3n) is 6.07. The summed E-state index contributed by atoms with van der Waals surface area (Å²) in [5, 5.41) is 15.7. The highest BCUT2D eigenvalue weighted by atomic mass is 32.2. The van der Waals surface area contributed by atoms with E-state index < -0.39 is 23.4 Å². The first-order valence-corrected chi connectivity index (χ1v) is 17.4. The Morgan fingerprint density at radius 3 is 1.93 bits per heavy atom. The predicted octanol–water partition coefficient (Wildman–Crippen LogP) is 7.40. The lowest BCUT2D eigenvalue weighted by molar-refractivity contribution is -0.153. The van der Waals surface area contributed by atoms with Crippen molar-refractivity contribution in [1.29, 1.82) is 0 Å². The van der Waals surface area contributed by atoms with Gasteiger partial charge in [0.1, 0.15) is 6.10 Å². The zero-order valence-electron chi connectivity index (χ0n) is 28.2. The summed E-state index contributed by atoms with van der Waals surface area (Å²) >= 11 is 1.63. The van der Waals surface area contributed by atoms with Gasteiger partial charge in [-0.15, -0.1) is 5.73 Å². The number of ether oxygens (including phenoxy) is 1. The minimum absolute atomic E-state index is 0.0963. The van der Waals surface area contributed by atoms with Gasteiger partial charge in [0.15, 0.2) is 0 Å². The maximum Gasteiger partial charge on any atom is 0.306 e. The number of carbonyl (C=O) groups is 3. The SMILES string of the molecule is CC/C=C\C/C=C\C/C=C\C/C=C\CC=C=CCCC(=O)OCC(C)(C)[C@@H](O)C(=O)NCCC(=O)NCCSC.CCCC. The summed E-state index contributed by atoms with van der Waals surface area (Å²) in [6.45, 7) is 10.4. The molecule has 0 saturated heterocycles. The van der Waals surface area contributed by atoms with Crippen molar-refractivity contribution in [3.63, 3.8) is 0 Å². The molecule has 0 radical (unpaired) electrons. The van der Waals surface area contributed by atoms with Crippen molar-refractivity contribution in [1.82, 2.24) is 10.6 Å². The number of nitrogens with one attached hydrogen (secondary N) is 2. The highest BCUT2D eigenvalue weighted by Crippen LogP contribution is 2.21. The smallest absolute Gasteiger partial charge is 0.306 e. The van der Waals surface area contributed by atoms with Crippen molar-refractivity contribution < 1.29 is 24.2 Å². The van der Waals surface area contributed by atoms with Crippen LogP contribution in [-0.2, 0) is 19.1 Å². The number of hydrogen-bond donors (Lipinski definition) is 3. The van der Waals surface area contributed by atoms with Gasteiger partial charge in [-0.05, 0) is 56.9 Å². The summed E-state index contributed by atoms with van der Waals surface area (Å²) < 4.78 is 5.28. The van der Waals surface area contributed by atoms with Crippen LogP contribution >= 0.6 is 11.8 Å². The molecule has 1 atom stereocenters. The van der Waals surface area contributed by atoms with Gasteiger partial charge in [-0.25, -0.2) is 0 Å². The number of allylic oxidation sites excluding steroid dienone is 9. The number of aliphatic hydroxyl groups is 1. The van der Waals surface area contributed by atoms with Gasteiger partial charge >= 0.3 is 5.97 Å². The maximum atomic E-state index is 12.3. The lowest BCUT2D eigenvalue weighted by Crippen LogP contribution is -2.47. The second-order valence-corrected chi connectivity index (χ2v) is 11.8. The average Bonchev–Trinajstić information content (AvgIpc) is 3.01. The molecule has 0 aliphatic heterocycles. The van der Waals surface area contributed by atoms with E-state index >= 15 is 0 Å². The summed E-state index contributed by atoms with van der Waals surface area (Å²) in [5.74, 6) is -0.335. The normalized spacial score (nSPS) is 12.2. The molecule has 0 aromatic heterocycles. The fraction of sp³-hybridized carbons (Fsp3) is 0.611. The Morgan fingerprint density at radius 2 is 1.39 bits per heavy atom. The van der Waals surface area contributed by atoms with E-state index in [-0.39, 0.29) is 31.9 Å². The molecule has 0 fully saturated rings. The number of thioether (sulfide) groups is 1. The molecule has 7 nitrogen and oxygen atoms in total. The minimum Gasteiger partial charge on any atom is -0.465 e. The summed E-state index contributed by atoms with van der Waals surface area (Å²) in [5.41, 5.74) is 2.09. The topological polar surface area (TPSA) is 105 Å². The van der Waals surface area contributed by atoms with E-state index in [0.29, 0.717) is 13.0 Å². The molecule has 0 saturated carbocycles. The monoisotopic (exact) mass is 632 g/mol. The van der Waals surface area contributed by atoms with Crippen LogP contribution in [0, 0.1) is 5.41 Å². The number of carbonyl (C=O) groups excluding carboxylic acids is 3. The Hall–Kier alpha value is -2.80. The standard InChI is InChI=1S/C32H50N2O5S.C4H10/c1-5-6-7-8-9-10-11-12-13-14-15-16-17-18-19-20-21-22-29(36)39-27-32(2,3)30(37)31(38)34-24-23-28(35)33-25-26-40-4;1-3-4-2/h6-7,9-10,12-13,15-16,18,20,30,37H,5,8,11,14,17,21-27H2,1-4H3,(H,33,35)(H,34,38);3-4H2,1-2H3/b7-6-,10-9-,13-12-,16-15-;/t19?,30-;/m0./s1. The third kappa shape index (κ3) is 29.3. The van der Waals surface area contributed by atoms with E-state index in [2.05, 4.69) is 85.7 Å². The van der Waals surface area contributed by atoms with E-state index in [1.54, 1.807) is 31.7 Å². The van der Waals surface area contributed by atoms with Gasteiger partial charge in [0.25, 0.3) is 0 Å². The lowest BCUT2D eigenvalue weighted by Gasteiger charge is -2.29. The molecule has 0 spiro atoms. The maximum absolute atomic E-state index is 12.3. The number of unbranched alkanes of at least 4 members (excludes halogenated alkanes) is 1. The Balaban J connectivity index is 0. The molecule has 0 heterocycles. The summed E-state index contributed by atoms with van der Waals surface area (Å²) in [6.07, 6.45) is 29.6. The Kier molecular flexibility index (Phi) is 31.1. The van der Waals surface area contributed by atoms with Crippen LogP contribution < -0.4 is 10.6 Å². The summed E-state index contributed by atoms with van der Waals surface area (Å²) in [6, 6.07) is 0. The van der Waals surface area contributed by atoms with Gasteiger partial charge < -0.3 is 20.5 Å². The van der Waals surface area contributed by atoms with Crippen molar-refractivity contribution in [2.75, 3.05) is 31.7 Å². The molecule has 0 unspecified atom stereocenters. The fourth-order valence-corrected chi connectivity index (χ4v) is 3.42. The first-order chi connectivity index (χ1) is 21.2. The van der Waals surface area contributed by atoms with Gasteiger partial charge in [-0.3, -0.25) is 14.4 Å². The van der Waals surface area contributed by atoms with Gasteiger partial charge in [0.2, 0.25) is 11.8 Å². The van der Waals surface area contributed by atoms with E-state index in [9.17, 15) is 19.5 Å². The molecule has 44 heavy (non-hydrogen) atoms. The van der Waals surface area contributed by atoms with Gasteiger partial charge in [0.05, 0.1) is 6.61 Å². The van der Waals surface area contributed by atoms with Crippen LogP contribution in [0.5, 0.6) is 0 Å². The largest absolute Gasteiger partial charge is 0.465 e. The molecule has 2 amide bonds. The number of hydrogen-bond acceptors (Lipinski definition) is 6. The van der Waals surface area contributed by atoms with Crippen molar-refractivity contribution in [3.05, 3.63) is 66.5 Å². The number of rotatable bonds is 23. The van der Waals surface area contributed by atoms with Crippen molar-refractivity contribution in [3.8, 4) is 0 Å². The van der Waals surface area contributed by atoms with Crippen LogP contribution in [0.25, 0.3) is 0 Å². The van der Waals surface area contributed by atoms with E-state index in [1.165, 1.54) is 12.8 Å². The molecule has 0 aliphatic rings. The zero-order valence-corrected chi connectivity index (χ0v) is 29.1. The molecule has 0 bridgehead atoms. The van der Waals surface area contributed by atoms with Crippen LogP contribution in [-0.4, -0.2) is 60.7 Å². The molecule has 3 N–H and O–H groups in total. The van der Waals surface area contributed by atoms with Gasteiger partial charge in [-0.1, -0.05) is 96.1 Å². The van der Waals surface area contributed by atoms with Crippen LogP contribution in [0.4, 0.5) is 0 Å². The molecule has 250 valence electrons. The second kappa shape index (κ2) is 31.6. The highest BCUT2D eigenvalue weighted by Gasteiger charge is 2.34. The first kappa shape index (κ1) is 43.3. The molecule has 8 heteroatoms. The quantitative estimate of drug-likeness (QED) is 0.0470. The molecule has 0 rings (SSSR count). The van der Waals surface area contributed by atoms with Crippen molar-refractivity contribution >= 4 is 29.5 Å². The third-order valence-corrected chi connectivity index (χ3v) is 6.69. The molecular weight excluding hydrogens is 572 g/mol. The Morgan fingerprint density at radius 1 is 0.818 bits per heavy atom. The molecule has 0 aromatic carbocycles. The lowest BCUT2D eigenvalue weighted by atomic mass is 9.87. The molecule has 0 aliphatic carbocycles. The number of aliphatic hydroxyl groups excluding tert-OH is 1. The number of amides is 2. The molecule has 0 aromatic rings. The Labute approximate surface area is 272 Å². The van der Waals surface area contributed by atoms with E-state index in [1.807, 2.05) is 12.3 Å². The van der Waals surface area contributed by atoms with Crippen molar-refractivity contribution in [2.24, 2.45) is 5.41 Å². The second-order valence-electron chi connectivity index (χ2n) is 10.8. The van der Waals surface area contributed by atoms with E-state index in [0.717, 1.165) is 37.9 Å². The van der Waals surface area contributed by atoms with Crippen molar-refractivity contribution in [2.45, 2.75) is 105 Å². The van der Waals surface area contributed by atoms with Crippen LogP contribution in [0.1, 0.15) is 98.8 Å². The van der Waals surface area contributed by atoms with Gasteiger partial charge in [0, 0.05) is 37.1 Å². The summed E-state index contributed by atoms with van der Waals surface area (Å²) in [7, 11) is 0. The van der Waals surface area contributed by atoms with Crippen LogP contribution in [0.2, 0.25) is 0 Å². The van der Waals surface area contributed by atoms with Crippen LogP contribution in [0.15, 0.2) is 66.5 Å². The highest BCUT2D eigenvalue weighted by molar-refractivity contribution is 7.98. The zero-order chi connectivity index (χ0) is 33.3. The van der Waals surface area contributed by atoms with Crippen LogP contribution in [0.3, 0.4) is 0 Å². The average molecular weight is 633 g/mol. The minimum atomic E-state index is -1.37. The predicted molar refractivity (Wildman–Crippen MR) is 188 cm³/mol. The summed E-state index contributed by atoms with van der Waals surface area (Å²) in [4.78, 5) is 36.0. The van der Waals surface area contributed by atoms with E-state index in [4.69, 9.17) is 4.74 Å². The number of esters is 1.